The third-order valence-corrected chi connectivity index (χ3v) is 5.93. The van der Waals surface area contributed by atoms with Gasteiger partial charge in [-0.2, -0.15) is 8.78 Å². The minimum absolute atomic E-state index is 0.0257. The summed E-state index contributed by atoms with van der Waals surface area (Å²) in [6.07, 6.45) is -0.600. The number of fused-ring (bicyclic) bond motifs is 2. The van der Waals surface area contributed by atoms with Gasteiger partial charge in [-0.15, -0.1) is 0 Å². The second-order valence-electron chi connectivity index (χ2n) is 8.45. The summed E-state index contributed by atoms with van der Waals surface area (Å²) in [5, 5.41) is 5.46. The second kappa shape index (κ2) is 10.3. The van der Waals surface area contributed by atoms with Crippen molar-refractivity contribution in [3.63, 3.8) is 0 Å². The Kier molecular flexibility index (Phi) is 6.72. The van der Waals surface area contributed by atoms with Crippen molar-refractivity contribution < 1.29 is 27.5 Å². The monoisotopic (exact) mass is 506 g/mol. The molecule has 37 heavy (non-hydrogen) atoms. The molecule has 2 aromatic carbocycles. The molecule has 0 bridgehead atoms. The summed E-state index contributed by atoms with van der Waals surface area (Å²) in [5.41, 5.74) is 3.59. The molecular weight excluding hydrogens is 485 g/mol. The molecule has 0 radical (unpaired) electrons. The number of carbonyl (C=O) groups excluding carboxylic acids is 2. The van der Waals surface area contributed by atoms with Crippen LogP contribution in [0.2, 0.25) is 0 Å². The van der Waals surface area contributed by atoms with Crippen LogP contribution in [0.5, 0.6) is 5.75 Å². The van der Waals surface area contributed by atoms with Gasteiger partial charge in [0.05, 0.1) is 17.8 Å². The molecule has 5 rings (SSSR count). The number of ether oxygens (including phenoxy) is 1. The Morgan fingerprint density at radius 2 is 1.89 bits per heavy atom. The van der Waals surface area contributed by atoms with Crippen LogP contribution >= 0.6 is 0 Å². The number of pyridine rings is 2. The van der Waals surface area contributed by atoms with Crippen LogP contribution in [0.4, 0.5) is 18.9 Å². The number of aromatic nitrogens is 2. The van der Waals surface area contributed by atoms with Gasteiger partial charge in [0, 0.05) is 53.4 Å². The molecule has 0 saturated carbocycles. The van der Waals surface area contributed by atoms with E-state index in [9.17, 15) is 22.8 Å². The third-order valence-electron chi connectivity index (χ3n) is 5.93. The first-order valence-electron chi connectivity index (χ1n) is 11.6. The maximum Gasteiger partial charge on any atom is 0.315 e. The lowest BCUT2D eigenvalue weighted by Crippen LogP contribution is -2.26. The van der Waals surface area contributed by atoms with Gasteiger partial charge < -0.3 is 15.4 Å². The smallest absolute Gasteiger partial charge is 0.315 e. The lowest BCUT2D eigenvalue weighted by atomic mass is 10.0. The largest absolute Gasteiger partial charge is 0.491 e. The molecule has 0 spiro atoms. The molecule has 2 amide bonds. The van der Waals surface area contributed by atoms with Crippen LogP contribution in [0, 0.1) is 5.82 Å². The molecule has 0 aliphatic carbocycles. The molecule has 188 valence electrons. The average Bonchev–Trinajstić information content (AvgIpc) is 3.37. The summed E-state index contributed by atoms with van der Waals surface area (Å²) >= 11 is 0. The number of nitrogens with zero attached hydrogens (tertiary/aromatic N) is 2. The van der Waals surface area contributed by atoms with E-state index >= 15 is 0 Å². The molecule has 0 atom stereocenters. The summed E-state index contributed by atoms with van der Waals surface area (Å²) in [4.78, 5) is 33.3. The van der Waals surface area contributed by atoms with Gasteiger partial charge in [0.2, 0.25) is 0 Å². The Labute approximate surface area is 209 Å². The zero-order valence-electron chi connectivity index (χ0n) is 19.4. The van der Waals surface area contributed by atoms with Crippen LogP contribution in [-0.2, 0) is 17.6 Å². The molecule has 4 aromatic rings. The average molecular weight is 506 g/mol. The standard InChI is InChI=1S/C27H21F3N4O3/c28-19-5-3-15(4-6-19)23-24-17(8-11-37-24)13-20(33-23)7-10-32-26(35)18-12-16-2-1-9-31-22(16)21(14-18)34-27(36)25(29)30/h1-6,9,12-14,25H,7-8,10-11H2,(H,32,35)(H,34,36). The topological polar surface area (TPSA) is 93.2 Å². The highest BCUT2D eigenvalue weighted by molar-refractivity contribution is 6.06. The summed E-state index contributed by atoms with van der Waals surface area (Å²) in [6, 6.07) is 14.2. The van der Waals surface area contributed by atoms with Gasteiger partial charge in [-0.05, 0) is 48.5 Å². The molecule has 2 N–H and O–H groups in total. The molecule has 2 aromatic heterocycles. The summed E-state index contributed by atoms with van der Waals surface area (Å²) < 4.78 is 44.7. The van der Waals surface area contributed by atoms with Crippen LogP contribution < -0.4 is 15.4 Å². The number of hydrogen-bond acceptors (Lipinski definition) is 5. The first-order chi connectivity index (χ1) is 17.9. The van der Waals surface area contributed by atoms with Crippen molar-refractivity contribution in [1.82, 2.24) is 15.3 Å². The molecule has 1 aliphatic heterocycles. The van der Waals surface area contributed by atoms with Gasteiger partial charge in [0.15, 0.2) is 0 Å². The van der Waals surface area contributed by atoms with Gasteiger partial charge in [0.1, 0.15) is 17.3 Å². The van der Waals surface area contributed by atoms with Gasteiger partial charge in [-0.25, -0.2) is 9.37 Å². The Hall–Kier alpha value is -4.47. The van der Waals surface area contributed by atoms with Gasteiger partial charge in [-0.3, -0.25) is 14.6 Å². The van der Waals surface area contributed by atoms with E-state index < -0.39 is 18.2 Å². The normalized spacial score (nSPS) is 12.3. The van der Waals surface area contributed by atoms with Crippen LogP contribution in [0.25, 0.3) is 22.2 Å². The molecule has 0 fully saturated rings. The Bertz CT molecular complexity index is 1490. The lowest BCUT2D eigenvalue weighted by Gasteiger charge is -2.12. The molecule has 7 nitrogen and oxygen atoms in total. The van der Waals surface area contributed by atoms with Crippen molar-refractivity contribution in [2.24, 2.45) is 0 Å². The number of halogens is 3. The van der Waals surface area contributed by atoms with Crippen molar-refractivity contribution in [1.29, 1.82) is 0 Å². The predicted molar refractivity (Wildman–Crippen MR) is 131 cm³/mol. The number of carbonyl (C=O) groups is 2. The van der Waals surface area contributed by atoms with Gasteiger partial charge in [-0.1, -0.05) is 6.07 Å². The molecular formula is C27H21F3N4O3. The fraction of sp³-hybridized carbons (Fsp3) is 0.185. The maximum atomic E-state index is 13.4. The van der Waals surface area contributed by atoms with E-state index in [1.54, 1.807) is 30.3 Å². The van der Waals surface area contributed by atoms with E-state index in [-0.39, 0.29) is 23.6 Å². The summed E-state index contributed by atoms with van der Waals surface area (Å²) in [6.45, 7) is 0.783. The lowest BCUT2D eigenvalue weighted by molar-refractivity contribution is -0.126. The summed E-state index contributed by atoms with van der Waals surface area (Å²) in [5.74, 6) is -1.58. The minimum atomic E-state index is -3.21. The van der Waals surface area contributed by atoms with Crippen molar-refractivity contribution >= 4 is 28.4 Å². The van der Waals surface area contributed by atoms with Gasteiger partial charge in [0.25, 0.3) is 11.8 Å². The van der Waals surface area contributed by atoms with Crippen molar-refractivity contribution in [3.8, 4) is 17.0 Å². The zero-order chi connectivity index (χ0) is 25.9. The molecule has 0 unspecified atom stereocenters. The predicted octanol–water partition coefficient (Wildman–Crippen LogP) is 4.55. The number of hydrogen-bond donors (Lipinski definition) is 2. The number of rotatable bonds is 7. The highest BCUT2D eigenvalue weighted by atomic mass is 19.3. The van der Waals surface area contributed by atoms with E-state index in [0.717, 1.165) is 23.2 Å². The van der Waals surface area contributed by atoms with E-state index in [0.29, 0.717) is 35.4 Å². The highest BCUT2D eigenvalue weighted by Crippen LogP contribution is 2.36. The Balaban J connectivity index is 1.33. The SMILES string of the molecule is O=C(NCCc1cc2c(c(-c3ccc(F)cc3)n1)OCC2)c1cc(NC(=O)C(F)F)c2ncccc2c1. The summed E-state index contributed by atoms with van der Waals surface area (Å²) in [7, 11) is 0. The second-order valence-corrected chi connectivity index (χ2v) is 8.45. The fourth-order valence-electron chi connectivity index (χ4n) is 4.20. The molecule has 1 aliphatic rings. The van der Waals surface area contributed by atoms with Crippen molar-refractivity contribution in [3.05, 3.63) is 83.4 Å². The maximum absolute atomic E-state index is 13.4. The number of nitrogens with one attached hydrogen (secondary N) is 2. The molecule has 3 heterocycles. The highest BCUT2D eigenvalue weighted by Gasteiger charge is 2.21. The number of anilines is 1. The molecule has 10 heteroatoms. The minimum Gasteiger partial charge on any atom is -0.491 e. The van der Waals surface area contributed by atoms with Crippen LogP contribution in [-0.4, -0.2) is 41.4 Å². The first-order valence-corrected chi connectivity index (χ1v) is 11.6. The quantitative estimate of drug-likeness (QED) is 0.384. The van der Waals surface area contributed by atoms with E-state index in [2.05, 4.69) is 15.6 Å². The molecule has 0 saturated heterocycles. The van der Waals surface area contributed by atoms with Crippen LogP contribution in [0.15, 0.2) is 60.8 Å². The number of alkyl halides is 2. The Morgan fingerprint density at radius 3 is 2.68 bits per heavy atom. The van der Waals surface area contributed by atoms with Crippen molar-refractivity contribution in [2.75, 3.05) is 18.5 Å². The van der Waals surface area contributed by atoms with E-state index in [1.165, 1.54) is 24.4 Å². The Morgan fingerprint density at radius 1 is 1.08 bits per heavy atom. The van der Waals surface area contributed by atoms with E-state index in [1.807, 2.05) is 6.07 Å². The number of amides is 2. The van der Waals surface area contributed by atoms with Crippen molar-refractivity contribution in [2.45, 2.75) is 19.3 Å². The van der Waals surface area contributed by atoms with E-state index in [4.69, 9.17) is 9.72 Å². The first kappa shape index (κ1) is 24.2. The number of benzene rings is 2. The zero-order valence-corrected chi connectivity index (χ0v) is 19.4. The third kappa shape index (κ3) is 5.23. The van der Waals surface area contributed by atoms with Crippen LogP contribution in [0.1, 0.15) is 21.6 Å². The van der Waals surface area contributed by atoms with Crippen LogP contribution in [0.3, 0.4) is 0 Å². The fourth-order valence-corrected chi connectivity index (χ4v) is 4.20. The van der Waals surface area contributed by atoms with Gasteiger partial charge >= 0.3 is 6.43 Å².